The highest BCUT2D eigenvalue weighted by Gasteiger charge is 2.18. The van der Waals surface area contributed by atoms with Crippen LogP contribution in [0.25, 0.3) is 21.7 Å². The minimum absolute atomic E-state index is 0.0454. The van der Waals surface area contributed by atoms with Crippen molar-refractivity contribution in [3.05, 3.63) is 85.0 Å². The van der Waals surface area contributed by atoms with Crippen LogP contribution in [-0.2, 0) is 17.8 Å². The van der Waals surface area contributed by atoms with Crippen LogP contribution >= 0.6 is 11.3 Å². The van der Waals surface area contributed by atoms with Crippen molar-refractivity contribution >= 4 is 34.4 Å². The van der Waals surface area contributed by atoms with E-state index in [0.29, 0.717) is 16.4 Å². The predicted molar refractivity (Wildman–Crippen MR) is 112 cm³/mol. The average Bonchev–Trinajstić information content (AvgIpc) is 3.21. The topological polar surface area (TPSA) is 154 Å². The zero-order valence-electron chi connectivity index (χ0n) is 15.4. The number of aliphatic imine (C=N–C) groups is 1. The van der Waals surface area contributed by atoms with Crippen molar-refractivity contribution in [2.45, 2.75) is 13.0 Å². The van der Waals surface area contributed by atoms with Crippen molar-refractivity contribution in [2.75, 3.05) is 0 Å². The summed E-state index contributed by atoms with van der Waals surface area (Å²) in [5, 5.41) is 26.5. The molecule has 0 saturated carbocycles. The summed E-state index contributed by atoms with van der Waals surface area (Å²) in [5.74, 6) is -1.24. The highest BCUT2D eigenvalue weighted by molar-refractivity contribution is 7.09. The maximum atomic E-state index is 11.6. The lowest BCUT2D eigenvalue weighted by Crippen LogP contribution is -2.17. The zero-order chi connectivity index (χ0) is 21.5. The Morgan fingerprint density at radius 1 is 1.23 bits per heavy atom. The van der Waals surface area contributed by atoms with Gasteiger partial charge in [0.2, 0.25) is 0 Å². The predicted octanol–water partition coefficient (Wildman–Crippen LogP) is 4.93. The first-order chi connectivity index (χ1) is 14.5. The van der Waals surface area contributed by atoms with Gasteiger partial charge in [-0.2, -0.15) is 0 Å². The van der Waals surface area contributed by atoms with E-state index in [1.165, 1.54) is 29.5 Å². The standard InChI is InChI=1S/C19H14N6O4S/c20-24-23-14-7-5-12(6-8-14)16-11-30-18(22-16)10-21-15(19(26)27)9-13-3-1-2-4-17(13)25(28)29/h1-8,11H,9-10H2,(H,26,27). The van der Waals surface area contributed by atoms with E-state index in [1.54, 1.807) is 30.3 Å². The van der Waals surface area contributed by atoms with Crippen LogP contribution in [0.5, 0.6) is 0 Å². The van der Waals surface area contributed by atoms with Crippen molar-refractivity contribution < 1.29 is 14.8 Å². The molecule has 0 aliphatic rings. The highest BCUT2D eigenvalue weighted by atomic mass is 32.1. The summed E-state index contributed by atoms with van der Waals surface area (Å²) in [6, 6.07) is 12.8. The number of azide groups is 1. The van der Waals surface area contributed by atoms with Gasteiger partial charge in [0.1, 0.15) is 10.7 Å². The van der Waals surface area contributed by atoms with Gasteiger partial charge in [-0.05, 0) is 5.53 Å². The first-order valence-corrected chi connectivity index (χ1v) is 9.44. The van der Waals surface area contributed by atoms with Crippen molar-refractivity contribution in [1.29, 1.82) is 0 Å². The van der Waals surface area contributed by atoms with Gasteiger partial charge >= 0.3 is 5.97 Å². The molecule has 1 aromatic heterocycles. The van der Waals surface area contributed by atoms with Crippen LogP contribution in [0.1, 0.15) is 10.6 Å². The molecule has 0 bridgehead atoms. The van der Waals surface area contributed by atoms with Gasteiger partial charge in [-0.3, -0.25) is 15.1 Å². The third kappa shape index (κ3) is 5.04. The van der Waals surface area contributed by atoms with E-state index in [0.717, 1.165) is 5.56 Å². The average molecular weight is 422 g/mol. The number of para-hydroxylation sites is 1. The maximum Gasteiger partial charge on any atom is 0.350 e. The van der Waals surface area contributed by atoms with Crippen LogP contribution in [-0.4, -0.2) is 26.7 Å². The number of thiazole rings is 1. The van der Waals surface area contributed by atoms with E-state index < -0.39 is 10.9 Å². The summed E-state index contributed by atoms with van der Waals surface area (Å²) in [4.78, 5) is 33.4. The quantitative estimate of drug-likeness (QED) is 0.136. The number of carbonyl (C=O) groups is 1. The minimum Gasteiger partial charge on any atom is -0.477 e. The molecule has 0 aliphatic carbocycles. The molecule has 10 nitrogen and oxygen atoms in total. The molecule has 0 radical (unpaired) electrons. The monoisotopic (exact) mass is 422 g/mol. The Balaban J connectivity index is 1.77. The van der Waals surface area contributed by atoms with Gasteiger partial charge in [-0.1, -0.05) is 47.6 Å². The largest absolute Gasteiger partial charge is 0.477 e. The molecule has 0 atom stereocenters. The van der Waals surface area contributed by atoms with E-state index in [-0.39, 0.29) is 29.9 Å². The van der Waals surface area contributed by atoms with Gasteiger partial charge in [-0.25, -0.2) is 9.78 Å². The molecule has 3 aromatic rings. The summed E-state index contributed by atoms with van der Waals surface area (Å²) < 4.78 is 0. The number of nitro benzene ring substituents is 1. The van der Waals surface area contributed by atoms with Gasteiger partial charge in [0, 0.05) is 39.6 Å². The van der Waals surface area contributed by atoms with Gasteiger partial charge in [0.15, 0.2) is 0 Å². The van der Waals surface area contributed by atoms with Crippen LogP contribution in [0.3, 0.4) is 0 Å². The maximum absolute atomic E-state index is 11.6. The third-order valence-electron chi connectivity index (χ3n) is 4.07. The van der Waals surface area contributed by atoms with Gasteiger partial charge in [0.05, 0.1) is 17.2 Å². The van der Waals surface area contributed by atoms with Crippen LogP contribution in [0, 0.1) is 10.1 Å². The van der Waals surface area contributed by atoms with Gasteiger partial charge in [-0.15, -0.1) is 11.3 Å². The number of nitro groups is 1. The molecule has 0 amide bonds. The number of hydrogen-bond acceptors (Lipinski definition) is 7. The Kier molecular flexibility index (Phi) is 6.48. The lowest BCUT2D eigenvalue weighted by atomic mass is 10.1. The second-order valence-corrected chi connectivity index (χ2v) is 6.94. The number of aromatic nitrogens is 1. The van der Waals surface area contributed by atoms with Crippen LogP contribution in [0.2, 0.25) is 0 Å². The summed E-state index contributed by atoms with van der Waals surface area (Å²) in [7, 11) is 0. The molecule has 0 fully saturated rings. The zero-order valence-corrected chi connectivity index (χ0v) is 16.2. The van der Waals surface area contributed by atoms with E-state index in [2.05, 4.69) is 20.0 Å². The Labute approximate surface area is 174 Å². The van der Waals surface area contributed by atoms with Crippen molar-refractivity contribution in [1.82, 2.24) is 4.98 Å². The molecule has 0 unspecified atom stereocenters. The fourth-order valence-corrected chi connectivity index (χ4v) is 3.37. The minimum atomic E-state index is -1.24. The van der Waals surface area contributed by atoms with E-state index in [4.69, 9.17) is 5.53 Å². The Hall–Kier alpha value is -4.08. The van der Waals surface area contributed by atoms with E-state index in [1.807, 2.05) is 5.38 Å². The first kappa shape index (κ1) is 20.6. The molecule has 0 aliphatic heterocycles. The molecule has 11 heteroatoms. The fraction of sp³-hybridized carbons (Fsp3) is 0.105. The fourth-order valence-electron chi connectivity index (χ4n) is 2.65. The second-order valence-electron chi connectivity index (χ2n) is 5.99. The van der Waals surface area contributed by atoms with Gasteiger partial charge in [0.25, 0.3) is 5.69 Å². The number of nitrogens with zero attached hydrogens (tertiary/aromatic N) is 6. The van der Waals surface area contributed by atoms with E-state index >= 15 is 0 Å². The summed E-state index contributed by atoms with van der Waals surface area (Å²) in [5.41, 5.74) is 10.4. The number of carboxylic acid groups (broad SMARTS) is 1. The van der Waals surface area contributed by atoms with Crippen molar-refractivity contribution in [2.24, 2.45) is 10.1 Å². The molecule has 2 aromatic carbocycles. The number of aliphatic carboxylic acids is 1. The highest BCUT2D eigenvalue weighted by Crippen LogP contribution is 2.25. The molecule has 30 heavy (non-hydrogen) atoms. The Morgan fingerprint density at radius 3 is 2.63 bits per heavy atom. The third-order valence-corrected chi connectivity index (χ3v) is 4.91. The summed E-state index contributed by atoms with van der Waals surface area (Å²) in [6.45, 7) is 0.0454. The van der Waals surface area contributed by atoms with Crippen molar-refractivity contribution in [3.8, 4) is 11.3 Å². The summed E-state index contributed by atoms with van der Waals surface area (Å²) >= 11 is 1.33. The molecule has 150 valence electrons. The molecular formula is C19H14N6O4S. The Morgan fingerprint density at radius 2 is 1.97 bits per heavy atom. The van der Waals surface area contributed by atoms with E-state index in [9.17, 15) is 20.0 Å². The number of benzene rings is 2. The van der Waals surface area contributed by atoms with Crippen molar-refractivity contribution in [3.63, 3.8) is 0 Å². The molecule has 0 saturated heterocycles. The normalized spacial score (nSPS) is 11.0. The lowest BCUT2D eigenvalue weighted by molar-refractivity contribution is -0.385. The number of carboxylic acids is 1. The second kappa shape index (κ2) is 9.41. The van der Waals surface area contributed by atoms with Crippen LogP contribution in [0.15, 0.2) is 64.0 Å². The van der Waals surface area contributed by atoms with Crippen LogP contribution in [0.4, 0.5) is 11.4 Å². The smallest absolute Gasteiger partial charge is 0.350 e. The molecule has 0 spiro atoms. The first-order valence-electron chi connectivity index (χ1n) is 8.57. The molecule has 1 N–H and O–H groups in total. The Bertz CT molecular complexity index is 1170. The lowest BCUT2D eigenvalue weighted by Gasteiger charge is -2.03. The number of rotatable bonds is 8. The van der Waals surface area contributed by atoms with Gasteiger partial charge < -0.3 is 5.11 Å². The SMILES string of the molecule is [N-]=[N+]=Nc1ccc(-c2csc(CN=C(Cc3ccccc3[N+](=O)[O-])C(=O)O)n2)cc1. The van der Waals surface area contributed by atoms with Crippen LogP contribution < -0.4 is 0 Å². The number of hydrogen-bond donors (Lipinski definition) is 1. The molecular weight excluding hydrogens is 408 g/mol. The molecule has 3 rings (SSSR count). The summed E-state index contributed by atoms with van der Waals surface area (Å²) in [6.07, 6.45) is -0.161. The molecule has 1 heterocycles.